The van der Waals surface area contributed by atoms with Crippen LogP contribution in [0.25, 0.3) is 10.6 Å². The van der Waals surface area contributed by atoms with E-state index in [2.05, 4.69) is 28.8 Å². The molecule has 0 spiro atoms. The number of hydrogen-bond donors (Lipinski definition) is 1. The number of halogens is 1. The number of nitrogens with two attached hydrogens (primary N) is 1. The van der Waals surface area contributed by atoms with Gasteiger partial charge in [-0.2, -0.15) is 0 Å². The molecule has 0 atom stereocenters. The predicted octanol–water partition coefficient (Wildman–Crippen LogP) is 2.96. The SMILES string of the molecule is CC(C)c1nc(N)sc1-c1ccnc(Cl)n1. The lowest BCUT2D eigenvalue weighted by Crippen LogP contribution is -1.93. The van der Waals surface area contributed by atoms with E-state index in [4.69, 9.17) is 17.3 Å². The van der Waals surface area contributed by atoms with Crippen molar-refractivity contribution >= 4 is 28.1 Å². The molecular formula is C10H11ClN4S. The molecule has 2 N–H and O–H groups in total. The van der Waals surface area contributed by atoms with Crippen molar-refractivity contribution in [3.63, 3.8) is 0 Å². The van der Waals surface area contributed by atoms with E-state index < -0.39 is 0 Å². The topological polar surface area (TPSA) is 64.7 Å². The summed E-state index contributed by atoms with van der Waals surface area (Å²) in [4.78, 5) is 13.3. The Balaban J connectivity index is 2.55. The Bertz CT molecular complexity index is 509. The molecule has 4 nitrogen and oxygen atoms in total. The van der Waals surface area contributed by atoms with E-state index in [0.29, 0.717) is 11.0 Å². The van der Waals surface area contributed by atoms with E-state index in [0.717, 1.165) is 16.3 Å². The van der Waals surface area contributed by atoms with Gasteiger partial charge in [-0.3, -0.25) is 0 Å². The normalized spacial score (nSPS) is 11.0. The third-order valence-electron chi connectivity index (χ3n) is 2.08. The van der Waals surface area contributed by atoms with Gasteiger partial charge in [0, 0.05) is 6.20 Å². The second-order valence-corrected chi connectivity index (χ2v) is 5.00. The average molecular weight is 255 g/mol. The number of anilines is 1. The highest BCUT2D eigenvalue weighted by Crippen LogP contribution is 2.34. The van der Waals surface area contributed by atoms with E-state index in [1.165, 1.54) is 11.3 Å². The summed E-state index contributed by atoms with van der Waals surface area (Å²) in [6.07, 6.45) is 1.63. The molecule has 84 valence electrons. The van der Waals surface area contributed by atoms with Gasteiger partial charge >= 0.3 is 0 Å². The van der Waals surface area contributed by atoms with E-state index in [1.54, 1.807) is 6.20 Å². The highest BCUT2D eigenvalue weighted by molar-refractivity contribution is 7.18. The summed E-state index contributed by atoms with van der Waals surface area (Å²) >= 11 is 7.19. The van der Waals surface area contributed by atoms with Crippen LogP contribution in [0.3, 0.4) is 0 Å². The first-order valence-corrected chi connectivity index (χ1v) is 6.02. The Kier molecular flexibility index (Phi) is 3.07. The zero-order valence-electron chi connectivity index (χ0n) is 8.94. The molecule has 0 saturated heterocycles. The maximum Gasteiger partial charge on any atom is 0.222 e. The van der Waals surface area contributed by atoms with E-state index in [1.807, 2.05) is 6.07 Å². The summed E-state index contributed by atoms with van der Waals surface area (Å²) < 4.78 is 0. The third kappa shape index (κ3) is 2.15. The minimum absolute atomic E-state index is 0.235. The zero-order valence-corrected chi connectivity index (χ0v) is 10.5. The summed E-state index contributed by atoms with van der Waals surface area (Å²) in [7, 11) is 0. The van der Waals surface area contributed by atoms with Crippen LogP contribution in [-0.4, -0.2) is 15.0 Å². The summed E-state index contributed by atoms with van der Waals surface area (Å²) in [5, 5.41) is 0.785. The molecule has 0 unspecified atom stereocenters. The second kappa shape index (κ2) is 4.35. The first-order chi connectivity index (χ1) is 7.58. The smallest absolute Gasteiger partial charge is 0.222 e. The molecule has 0 radical (unpaired) electrons. The molecule has 2 rings (SSSR count). The van der Waals surface area contributed by atoms with Gasteiger partial charge in [0.15, 0.2) is 5.13 Å². The van der Waals surface area contributed by atoms with Crippen LogP contribution in [0.2, 0.25) is 5.28 Å². The molecule has 2 heterocycles. The van der Waals surface area contributed by atoms with Crippen molar-refractivity contribution in [1.29, 1.82) is 0 Å². The Morgan fingerprint density at radius 1 is 1.38 bits per heavy atom. The third-order valence-corrected chi connectivity index (χ3v) is 3.18. The molecule has 0 bridgehead atoms. The summed E-state index contributed by atoms with van der Waals surface area (Å²) in [6.45, 7) is 4.14. The fourth-order valence-electron chi connectivity index (χ4n) is 1.39. The van der Waals surface area contributed by atoms with Crippen LogP contribution in [0.15, 0.2) is 12.3 Å². The van der Waals surface area contributed by atoms with Gasteiger partial charge in [-0.05, 0) is 23.6 Å². The lowest BCUT2D eigenvalue weighted by atomic mass is 10.1. The lowest BCUT2D eigenvalue weighted by Gasteiger charge is -2.04. The van der Waals surface area contributed by atoms with Gasteiger partial charge in [-0.1, -0.05) is 25.2 Å². The molecule has 0 fully saturated rings. The van der Waals surface area contributed by atoms with Gasteiger partial charge in [0.25, 0.3) is 0 Å². The number of rotatable bonds is 2. The molecule has 0 saturated carbocycles. The van der Waals surface area contributed by atoms with Crippen LogP contribution >= 0.6 is 22.9 Å². The summed E-state index contributed by atoms with van der Waals surface area (Å²) in [5.41, 5.74) is 7.46. The minimum atomic E-state index is 0.235. The minimum Gasteiger partial charge on any atom is -0.375 e. The van der Waals surface area contributed by atoms with Crippen molar-refractivity contribution in [2.24, 2.45) is 0 Å². The first kappa shape index (κ1) is 11.3. The first-order valence-electron chi connectivity index (χ1n) is 4.83. The zero-order chi connectivity index (χ0) is 11.7. The quantitative estimate of drug-likeness (QED) is 0.837. The van der Waals surface area contributed by atoms with Crippen LogP contribution in [0, 0.1) is 0 Å². The van der Waals surface area contributed by atoms with Crippen LogP contribution in [0.4, 0.5) is 5.13 Å². The number of nitrogen functional groups attached to an aromatic ring is 1. The molecule has 0 aliphatic heterocycles. The van der Waals surface area contributed by atoms with Crippen molar-refractivity contribution in [2.45, 2.75) is 19.8 Å². The van der Waals surface area contributed by atoms with Gasteiger partial charge in [0.1, 0.15) is 0 Å². The van der Waals surface area contributed by atoms with Gasteiger partial charge in [-0.25, -0.2) is 15.0 Å². The summed E-state index contributed by atoms with van der Waals surface area (Å²) in [6, 6.07) is 1.81. The lowest BCUT2D eigenvalue weighted by molar-refractivity contribution is 0.835. The van der Waals surface area contributed by atoms with Crippen LogP contribution in [0.5, 0.6) is 0 Å². The van der Waals surface area contributed by atoms with E-state index in [-0.39, 0.29) is 5.28 Å². The van der Waals surface area contributed by atoms with Crippen molar-refractivity contribution in [3.05, 3.63) is 23.2 Å². The fraction of sp³-hybridized carbons (Fsp3) is 0.300. The highest BCUT2D eigenvalue weighted by Gasteiger charge is 2.15. The van der Waals surface area contributed by atoms with Gasteiger partial charge in [-0.15, -0.1) is 0 Å². The van der Waals surface area contributed by atoms with Crippen molar-refractivity contribution in [2.75, 3.05) is 5.73 Å². The number of hydrogen-bond acceptors (Lipinski definition) is 5. The number of aromatic nitrogens is 3. The van der Waals surface area contributed by atoms with Crippen LogP contribution in [0.1, 0.15) is 25.5 Å². The molecular weight excluding hydrogens is 244 g/mol. The van der Waals surface area contributed by atoms with E-state index >= 15 is 0 Å². The molecule has 0 amide bonds. The molecule has 0 aromatic carbocycles. The van der Waals surface area contributed by atoms with E-state index in [9.17, 15) is 0 Å². The Morgan fingerprint density at radius 3 is 2.75 bits per heavy atom. The molecule has 2 aromatic heterocycles. The largest absolute Gasteiger partial charge is 0.375 e. The van der Waals surface area contributed by atoms with Crippen LogP contribution in [-0.2, 0) is 0 Å². The molecule has 16 heavy (non-hydrogen) atoms. The monoisotopic (exact) mass is 254 g/mol. The number of thiazole rings is 1. The van der Waals surface area contributed by atoms with Crippen molar-refractivity contribution in [3.8, 4) is 10.6 Å². The molecule has 0 aliphatic rings. The predicted molar refractivity (Wildman–Crippen MR) is 66.7 cm³/mol. The Labute approximate surface area is 103 Å². The molecule has 0 aliphatic carbocycles. The standard InChI is InChI=1S/C10H11ClN4S/c1-5(2)7-8(16-10(12)15-7)6-3-4-13-9(11)14-6/h3-5H,1-2H3,(H2,12,15). The van der Waals surface area contributed by atoms with Crippen molar-refractivity contribution in [1.82, 2.24) is 15.0 Å². The van der Waals surface area contributed by atoms with Crippen LogP contribution < -0.4 is 5.73 Å². The fourth-order valence-corrected chi connectivity index (χ4v) is 2.49. The van der Waals surface area contributed by atoms with Crippen molar-refractivity contribution < 1.29 is 0 Å². The van der Waals surface area contributed by atoms with Gasteiger partial charge in [0.2, 0.25) is 5.28 Å². The Hall–Kier alpha value is -1.20. The van der Waals surface area contributed by atoms with Gasteiger partial charge < -0.3 is 5.73 Å². The average Bonchev–Trinajstić information content (AvgIpc) is 2.60. The molecule has 2 aromatic rings. The highest BCUT2D eigenvalue weighted by atomic mass is 35.5. The summed E-state index contributed by atoms with van der Waals surface area (Å²) in [5.74, 6) is 0.303. The second-order valence-electron chi connectivity index (χ2n) is 3.63. The Morgan fingerprint density at radius 2 is 2.12 bits per heavy atom. The van der Waals surface area contributed by atoms with Gasteiger partial charge in [0.05, 0.1) is 16.3 Å². The maximum absolute atomic E-state index is 5.76. The maximum atomic E-state index is 5.76. The molecule has 6 heteroatoms. The number of nitrogens with zero attached hydrogens (tertiary/aromatic N) is 3.